The van der Waals surface area contributed by atoms with Crippen molar-refractivity contribution in [3.8, 4) is 5.75 Å². The lowest BCUT2D eigenvalue weighted by Crippen LogP contribution is -2.48. The summed E-state index contributed by atoms with van der Waals surface area (Å²) in [6, 6.07) is 24.2. The Kier molecular flexibility index (Phi) is 8.01. The molecule has 0 saturated carbocycles. The van der Waals surface area contributed by atoms with E-state index >= 15 is 0 Å². The van der Waals surface area contributed by atoms with E-state index in [1.54, 1.807) is 7.11 Å². The first-order valence-corrected chi connectivity index (χ1v) is 11.5. The second kappa shape index (κ2) is 11.7. The molecule has 0 aliphatic carbocycles. The van der Waals surface area contributed by atoms with E-state index in [2.05, 4.69) is 15.6 Å². The van der Waals surface area contributed by atoms with E-state index in [9.17, 15) is 9.59 Å². The predicted molar refractivity (Wildman–Crippen MR) is 135 cm³/mol. The van der Waals surface area contributed by atoms with E-state index in [1.165, 1.54) is 0 Å². The Morgan fingerprint density at radius 1 is 0.914 bits per heavy atom. The molecular weight excluding hydrogens is 442 g/mol. The molecule has 1 atom stereocenters. The van der Waals surface area contributed by atoms with Crippen molar-refractivity contribution in [2.75, 3.05) is 13.7 Å². The predicted octanol–water partition coefficient (Wildman–Crippen LogP) is 4.37. The van der Waals surface area contributed by atoms with Gasteiger partial charge in [-0.25, -0.2) is 4.79 Å². The van der Waals surface area contributed by atoms with Crippen LogP contribution in [0, 0.1) is 0 Å². The van der Waals surface area contributed by atoms with Gasteiger partial charge < -0.3 is 25.1 Å². The monoisotopic (exact) mass is 471 g/mol. The van der Waals surface area contributed by atoms with E-state index in [0.717, 1.165) is 33.3 Å². The molecule has 0 radical (unpaired) electrons. The van der Waals surface area contributed by atoms with Crippen LogP contribution in [0.2, 0.25) is 0 Å². The van der Waals surface area contributed by atoms with E-state index in [-0.39, 0.29) is 12.5 Å². The number of carbonyl (C=O) groups excluding carboxylic acids is 2. The van der Waals surface area contributed by atoms with E-state index in [1.807, 2.05) is 85.1 Å². The van der Waals surface area contributed by atoms with Gasteiger partial charge in [-0.2, -0.15) is 0 Å². The lowest BCUT2D eigenvalue weighted by Gasteiger charge is -2.18. The zero-order valence-electron chi connectivity index (χ0n) is 19.6. The van der Waals surface area contributed by atoms with Crippen LogP contribution in [-0.2, 0) is 29.0 Å². The van der Waals surface area contributed by atoms with Gasteiger partial charge in [0.1, 0.15) is 18.4 Å². The number of amides is 2. The summed E-state index contributed by atoms with van der Waals surface area (Å²) in [4.78, 5) is 28.9. The first-order valence-electron chi connectivity index (χ1n) is 11.5. The van der Waals surface area contributed by atoms with Crippen LogP contribution in [0.1, 0.15) is 16.7 Å². The van der Waals surface area contributed by atoms with Crippen molar-refractivity contribution in [2.45, 2.75) is 25.5 Å². The van der Waals surface area contributed by atoms with Crippen molar-refractivity contribution in [3.05, 3.63) is 102 Å². The fourth-order valence-corrected chi connectivity index (χ4v) is 3.88. The quantitative estimate of drug-likeness (QED) is 0.320. The van der Waals surface area contributed by atoms with Crippen molar-refractivity contribution in [1.29, 1.82) is 0 Å². The second-order valence-electron chi connectivity index (χ2n) is 8.21. The summed E-state index contributed by atoms with van der Waals surface area (Å²) in [7, 11) is 1.63. The molecule has 1 aromatic heterocycles. The van der Waals surface area contributed by atoms with Crippen LogP contribution in [0.3, 0.4) is 0 Å². The zero-order chi connectivity index (χ0) is 24.5. The van der Waals surface area contributed by atoms with Gasteiger partial charge in [-0.1, -0.05) is 60.7 Å². The van der Waals surface area contributed by atoms with Gasteiger partial charge in [0, 0.05) is 30.1 Å². The lowest BCUT2D eigenvalue weighted by molar-refractivity contribution is -0.123. The number of H-pyrrole nitrogens is 1. The molecule has 0 fully saturated rings. The van der Waals surface area contributed by atoms with E-state index in [4.69, 9.17) is 9.47 Å². The molecule has 0 bridgehead atoms. The Morgan fingerprint density at radius 2 is 1.66 bits per heavy atom. The minimum atomic E-state index is -0.784. The maximum Gasteiger partial charge on any atom is 0.408 e. The first kappa shape index (κ1) is 23.9. The molecule has 0 saturated heterocycles. The summed E-state index contributed by atoms with van der Waals surface area (Å²) in [6.45, 7) is 0.571. The van der Waals surface area contributed by atoms with Crippen LogP contribution in [0.5, 0.6) is 5.75 Å². The molecule has 2 amide bonds. The molecule has 0 aliphatic heterocycles. The SMILES string of the molecule is COc1ccc(CCNC(=O)[C@H](Cc2c[nH]c3ccccc23)NC(=O)OCc2ccccc2)cc1. The highest BCUT2D eigenvalue weighted by Crippen LogP contribution is 2.19. The number of aromatic nitrogens is 1. The topological polar surface area (TPSA) is 92.5 Å². The molecule has 35 heavy (non-hydrogen) atoms. The maximum absolute atomic E-state index is 13.1. The molecule has 4 rings (SSSR count). The molecule has 0 spiro atoms. The van der Waals surface area contributed by atoms with Gasteiger partial charge in [-0.3, -0.25) is 4.79 Å². The molecule has 1 heterocycles. The normalized spacial score (nSPS) is 11.6. The fourth-order valence-electron chi connectivity index (χ4n) is 3.88. The first-order chi connectivity index (χ1) is 17.1. The number of rotatable bonds is 10. The Hall–Kier alpha value is -4.26. The van der Waals surface area contributed by atoms with E-state index < -0.39 is 12.1 Å². The molecule has 0 aliphatic rings. The third-order valence-corrected chi connectivity index (χ3v) is 5.79. The maximum atomic E-state index is 13.1. The zero-order valence-corrected chi connectivity index (χ0v) is 19.6. The molecule has 180 valence electrons. The molecular formula is C28H29N3O4. The Bertz CT molecular complexity index is 1250. The Balaban J connectivity index is 1.40. The average molecular weight is 472 g/mol. The van der Waals surface area contributed by atoms with Crippen LogP contribution < -0.4 is 15.4 Å². The van der Waals surface area contributed by atoms with E-state index in [0.29, 0.717) is 19.4 Å². The highest BCUT2D eigenvalue weighted by molar-refractivity contribution is 5.88. The minimum absolute atomic E-state index is 0.131. The molecule has 4 aromatic rings. The van der Waals surface area contributed by atoms with Crippen molar-refractivity contribution < 1.29 is 19.1 Å². The molecule has 7 heteroatoms. The number of ether oxygens (including phenoxy) is 2. The minimum Gasteiger partial charge on any atom is -0.497 e. The van der Waals surface area contributed by atoms with Gasteiger partial charge in [-0.15, -0.1) is 0 Å². The molecule has 0 unspecified atom stereocenters. The van der Waals surface area contributed by atoms with Gasteiger partial charge in [0.25, 0.3) is 0 Å². The number of fused-ring (bicyclic) bond motifs is 1. The van der Waals surface area contributed by atoms with Crippen LogP contribution in [0.4, 0.5) is 4.79 Å². The molecule has 3 N–H and O–H groups in total. The number of hydrogen-bond donors (Lipinski definition) is 3. The van der Waals surface area contributed by atoms with Crippen molar-refractivity contribution in [2.24, 2.45) is 0 Å². The number of hydrogen-bond acceptors (Lipinski definition) is 4. The van der Waals surface area contributed by atoms with Crippen LogP contribution >= 0.6 is 0 Å². The van der Waals surface area contributed by atoms with Crippen LogP contribution in [0.15, 0.2) is 85.1 Å². The smallest absolute Gasteiger partial charge is 0.408 e. The summed E-state index contributed by atoms with van der Waals surface area (Å²) in [6.07, 6.45) is 2.23. The summed E-state index contributed by atoms with van der Waals surface area (Å²) in [5.74, 6) is 0.523. The van der Waals surface area contributed by atoms with Gasteiger partial charge in [-0.05, 0) is 41.3 Å². The summed E-state index contributed by atoms with van der Waals surface area (Å²) in [5, 5.41) is 6.72. The molecule has 7 nitrogen and oxygen atoms in total. The lowest BCUT2D eigenvalue weighted by atomic mass is 10.0. The Morgan fingerprint density at radius 3 is 2.43 bits per heavy atom. The summed E-state index contributed by atoms with van der Waals surface area (Å²) in [5.41, 5.74) is 3.88. The number of carbonyl (C=O) groups is 2. The number of alkyl carbamates (subject to hydrolysis) is 1. The largest absolute Gasteiger partial charge is 0.497 e. The van der Waals surface area contributed by atoms with Gasteiger partial charge >= 0.3 is 6.09 Å². The van der Waals surface area contributed by atoms with Crippen LogP contribution in [-0.4, -0.2) is 36.7 Å². The third-order valence-electron chi connectivity index (χ3n) is 5.79. The number of nitrogens with one attached hydrogen (secondary N) is 3. The van der Waals surface area contributed by atoms with Crippen molar-refractivity contribution in [1.82, 2.24) is 15.6 Å². The highest BCUT2D eigenvalue weighted by atomic mass is 16.5. The van der Waals surface area contributed by atoms with Gasteiger partial charge in [0.05, 0.1) is 7.11 Å². The third kappa shape index (κ3) is 6.63. The standard InChI is InChI=1S/C28H29N3O4/c1-34-23-13-11-20(12-14-23)15-16-29-27(32)26(17-22-18-30-25-10-6-5-9-24(22)25)31-28(33)35-19-21-7-3-2-4-8-21/h2-14,18,26,30H,15-17,19H2,1H3,(H,29,32)(H,31,33)/t26-/m0/s1. The van der Waals surface area contributed by atoms with Gasteiger partial charge in [0.15, 0.2) is 0 Å². The number of benzene rings is 3. The summed E-state index contributed by atoms with van der Waals surface area (Å²) >= 11 is 0. The Labute approximate surface area is 204 Å². The highest BCUT2D eigenvalue weighted by Gasteiger charge is 2.23. The van der Waals surface area contributed by atoms with Crippen LogP contribution in [0.25, 0.3) is 10.9 Å². The van der Waals surface area contributed by atoms with Crippen molar-refractivity contribution in [3.63, 3.8) is 0 Å². The molecule has 3 aromatic carbocycles. The summed E-state index contributed by atoms with van der Waals surface area (Å²) < 4.78 is 10.5. The van der Waals surface area contributed by atoms with Gasteiger partial charge in [0.2, 0.25) is 5.91 Å². The number of aromatic amines is 1. The average Bonchev–Trinajstić information content (AvgIpc) is 3.31. The fraction of sp³-hybridized carbons (Fsp3) is 0.214. The number of para-hydroxylation sites is 1. The second-order valence-corrected chi connectivity index (χ2v) is 8.21. The number of methoxy groups -OCH3 is 1. The van der Waals surface area contributed by atoms with Crippen molar-refractivity contribution >= 4 is 22.9 Å².